The highest BCUT2D eigenvalue weighted by atomic mass is 16.5. The van der Waals surface area contributed by atoms with Gasteiger partial charge in [-0.15, -0.1) is 5.92 Å². The molecule has 0 fully saturated rings. The van der Waals surface area contributed by atoms with E-state index in [1.165, 1.54) is 0 Å². The monoisotopic (exact) mass is 548 g/mol. The summed E-state index contributed by atoms with van der Waals surface area (Å²) in [5.41, 5.74) is 4.85. The van der Waals surface area contributed by atoms with E-state index in [0.29, 0.717) is 19.0 Å². The zero-order valence-electron chi connectivity index (χ0n) is 24.6. The first-order valence-corrected chi connectivity index (χ1v) is 13.9. The van der Waals surface area contributed by atoms with Crippen LogP contribution in [0.2, 0.25) is 0 Å². The summed E-state index contributed by atoms with van der Waals surface area (Å²) in [6.45, 7) is 12.2. The molecule has 7 nitrogen and oxygen atoms in total. The number of nitriles is 1. The number of fused-ring (bicyclic) bond motifs is 1. The smallest absolute Gasteiger partial charge is 0.307 e. The number of hydrogen-bond acceptors (Lipinski definition) is 6. The molecule has 4 rings (SSSR count). The van der Waals surface area contributed by atoms with E-state index < -0.39 is 5.41 Å². The Bertz CT molecular complexity index is 1630. The molecule has 2 aromatic heterocycles. The second-order valence-corrected chi connectivity index (χ2v) is 10.8. The van der Waals surface area contributed by atoms with Crippen LogP contribution in [0.1, 0.15) is 82.3 Å². The van der Waals surface area contributed by atoms with Gasteiger partial charge in [0.25, 0.3) is 0 Å². The van der Waals surface area contributed by atoms with Crippen molar-refractivity contribution in [3.8, 4) is 34.8 Å². The molecule has 210 valence electrons. The quantitative estimate of drug-likeness (QED) is 0.157. The third-order valence-electron chi connectivity index (χ3n) is 6.88. The molecule has 0 aliphatic heterocycles. The van der Waals surface area contributed by atoms with Gasteiger partial charge in [-0.1, -0.05) is 50.1 Å². The van der Waals surface area contributed by atoms with Crippen LogP contribution in [0.25, 0.3) is 16.8 Å². The SMILES string of the molecule is CC#C[C@@H](CC(=O)OCC)c1ccc(OCc2cc(-c3cccc(C(C)(C)C#N)c3)c3nc(C(C)C)nn3c2)cc1. The lowest BCUT2D eigenvalue weighted by Crippen LogP contribution is -2.13. The summed E-state index contributed by atoms with van der Waals surface area (Å²) in [5, 5.41) is 14.4. The third-order valence-corrected chi connectivity index (χ3v) is 6.88. The predicted molar refractivity (Wildman–Crippen MR) is 159 cm³/mol. The molecule has 2 aromatic carbocycles. The Morgan fingerprint density at radius 2 is 1.88 bits per heavy atom. The lowest BCUT2D eigenvalue weighted by Gasteiger charge is -2.17. The fourth-order valence-electron chi connectivity index (χ4n) is 4.51. The molecular weight excluding hydrogens is 512 g/mol. The molecular formula is C34H36N4O3. The molecule has 0 amide bonds. The number of benzene rings is 2. The molecule has 0 radical (unpaired) electrons. The molecule has 0 aliphatic carbocycles. The average Bonchev–Trinajstić information content (AvgIpc) is 3.41. The predicted octanol–water partition coefficient (Wildman–Crippen LogP) is 6.96. The van der Waals surface area contributed by atoms with E-state index in [4.69, 9.17) is 19.6 Å². The highest BCUT2D eigenvalue weighted by Gasteiger charge is 2.21. The fraction of sp³-hybridized carbons (Fsp3) is 0.353. The molecule has 0 unspecified atom stereocenters. The van der Waals surface area contributed by atoms with Crippen molar-refractivity contribution in [2.45, 2.75) is 71.8 Å². The average molecular weight is 549 g/mol. The molecule has 2 heterocycles. The van der Waals surface area contributed by atoms with Crippen molar-refractivity contribution in [2.75, 3.05) is 6.61 Å². The van der Waals surface area contributed by atoms with Gasteiger partial charge in [0, 0.05) is 23.2 Å². The first-order chi connectivity index (χ1) is 19.6. The fourth-order valence-corrected chi connectivity index (χ4v) is 4.51. The van der Waals surface area contributed by atoms with Crippen molar-refractivity contribution < 1.29 is 14.3 Å². The van der Waals surface area contributed by atoms with E-state index in [1.54, 1.807) is 13.8 Å². The van der Waals surface area contributed by atoms with Crippen LogP contribution in [-0.2, 0) is 21.6 Å². The van der Waals surface area contributed by atoms with Crippen LogP contribution >= 0.6 is 0 Å². The van der Waals surface area contributed by atoms with E-state index in [-0.39, 0.29) is 24.2 Å². The summed E-state index contributed by atoms with van der Waals surface area (Å²) >= 11 is 0. The first-order valence-electron chi connectivity index (χ1n) is 13.9. The number of carbonyl (C=O) groups is 1. The second-order valence-electron chi connectivity index (χ2n) is 10.8. The Balaban J connectivity index is 1.62. The Morgan fingerprint density at radius 1 is 1.12 bits per heavy atom. The maximum absolute atomic E-state index is 12.0. The zero-order valence-corrected chi connectivity index (χ0v) is 24.6. The van der Waals surface area contributed by atoms with E-state index in [2.05, 4.69) is 43.9 Å². The molecule has 0 saturated carbocycles. The van der Waals surface area contributed by atoms with Crippen molar-refractivity contribution in [2.24, 2.45) is 0 Å². The van der Waals surface area contributed by atoms with Crippen LogP contribution in [0.4, 0.5) is 0 Å². The van der Waals surface area contributed by atoms with Crippen LogP contribution in [0.5, 0.6) is 5.75 Å². The number of ether oxygens (including phenoxy) is 2. The Kier molecular flexibility index (Phi) is 9.10. The van der Waals surface area contributed by atoms with Crippen molar-refractivity contribution in [3.05, 3.63) is 83.3 Å². The van der Waals surface area contributed by atoms with Crippen molar-refractivity contribution in [1.29, 1.82) is 5.26 Å². The normalized spacial score (nSPS) is 12.0. The van der Waals surface area contributed by atoms with Crippen LogP contribution < -0.4 is 4.74 Å². The summed E-state index contributed by atoms with van der Waals surface area (Å²) in [4.78, 5) is 16.9. The molecule has 0 bridgehead atoms. The minimum Gasteiger partial charge on any atom is -0.489 e. The van der Waals surface area contributed by atoms with Crippen molar-refractivity contribution >= 4 is 11.6 Å². The summed E-state index contributed by atoms with van der Waals surface area (Å²) in [7, 11) is 0. The Labute approximate surface area is 242 Å². The van der Waals surface area contributed by atoms with Gasteiger partial charge in [0.1, 0.15) is 12.4 Å². The van der Waals surface area contributed by atoms with Crippen molar-refractivity contribution in [1.82, 2.24) is 14.6 Å². The molecule has 1 atom stereocenters. The van der Waals surface area contributed by atoms with E-state index in [9.17, 15) is 10.1 Å². The van der Waals surface area contributed by atoms with Gasteiger partial charge >= 0.3 is 5.97 Å². The largest absolute Gasteiger partial charge is 0.489 e. The van der Waals surface area contributed by atoms with Gasteiger partial charge in [0.15, 0.2) is 11.5 Å². The van der Waals surface area contributed by atoms with Gasteiger partial charge < -0.3 is 9.47 Å². The van der Waals surface area contributed by atoms with E-state index >= 15 is 0 Å². The van der Waals surface area contributed by atoms with Crippen LogP contribution in [0.15, 0.2) is 60.8 Å². The number of hydrogen-bond donors (Lipinski definition) is 0. The molecule has 0 aliphatic rings. The van der Waals surface area contributed by atoms with Gasteiger partial charge in [-0.3, -0.25) is 4.79 Å². The standard InChI is InChI=1S/C34H36N4O3/c1-7-10-26(19-31(39)40-8-2)25-13-15-29(16-14-25)41-21-24-17-30(33-36-32(23(3)4)37-38(33)20-24)27-11-9-12-28(18-27)34(5,6)22-35/h9,11-18,20,23,26H,8,19,21H2,1-6H3/t26-/m0/s1. The molecule has 4 aromatic rings. The van der Waals surface area contributed by atoms with Crippen LogP contribution in [0, 0.1) is 23.2 Å². The number of aromatic nitrogens is 3. The minimum absolute atomic E-state index is 0.176. The number of rotatable bonds is 10. The molecule has 41 heavy (non-hydrogen) atoms. The van der Waals surface area contributed by atoms with Gasteiger partial charge in [-0.05, 0) is 68.7 Å². The zero-order chi connectivity index (χ0) is 29.6. The van der Waals surface area contributed by atoms with Gasteiger partial charge in [0.05, 0.1) is 30.4 Å². The molecule has 0 saturated heterocycles. The summed E-state index contributed by atoms with van der Waals surface area (Å²) < 4.78 is 13.1. The topological polar surface area (TPSA) is 89.5 Å². The lowest BCUT2D eigenvalue weighted by molar-refractivity contribution is -0.143. The minimum atomic E-state index is -0.617. The van der Waals surface area contributed by atoms with Gasteiger partial charge in [-0.25, -0.2) is 9.50 Å². The van der Waals surface area contributed by atoms with E-state index in [1.807, 2.05) is 67.0 Å². The van der Waals surface area contributed by atoms with Gasteiger partial charge in [-0.2, -0.15) is 10.4 Å². The van der Waals surface area contributed by atoms with Crippen LogP contribution in [-0.4, -0.2) is 27.2 Å². The van der Waals surface area contributed by atoms with Crippen LogP contribution in [0.3, 0.4) is 0 Å². The lowest BCUT2D eigenvalue weighted by atomic mass is 9.85. The number of esters is 1. The summed E-state index contributed by atoms with van der Waals surface area (Å²) in [5.74, 6) is 7.17. The van der Waals surface area contributed by atoms with Crippen molar-refractivity contribution in [3.63, 3.8) is 0 Å². The summed E-state index contributed by atoms with van der Waals surface area (Å²) in [6, 6.07) is 20.2. The third kappa shape index (κ3) is 6.94. The van der Waals surface area contributed by atoms with Gasteiger partial charge in [0.2, 0.25) is 0 Å². The second kappa shape index (κ2) is 12.7. The highest BCUT2D eigenvalue weighted by Crippen LogP contribution is 2.31. The number of nitrogens with zero attached hydrogens (tertiary/aromatic N) is 4. The maximum Gasteiger partial charge on any atom is 0.307 e. The molecule has 0 N–H and O–H groups in total. The number of carbonyl (C=O) groups excluding carboxylic acids is 1. The Morgan fingerprint density at radius 3 is 2.54 bits per heavy atom. The first kappa shape index (κ1) is 29.4. The molecule has 0 spiro atoms. The number of pyridine rings is 1. The highest BCUT2D eigenvalue weighted by molar-refractivity contribution is 5.78. The maximum atomic E-state index is 12.0. The summed E-state index contributed by atoms with van der Waals surface area (Å²) in [6.07, 6.45) is 2.15. The van der Waals surface area contributed by atoms with E-state index in [0.717, 1.165) is 39.3 Å². The molecule has 7 heteroatoms. The Hall–Kier alpha value is -4.62.